The van der Waals surface area contributed by atoms with Gasteiger partial charge in [0, 0.05) is 12.1 Å². The predicted octanol–water partition coefficient (Wildman–Crippen LogP) is 0.518. The molecule has 1 fully saturated rings. The van der Waals surface area contributed by atoms with Gasteiger partial charge in [-0.2, -0.15) is 0 Å². The summed E-state index contributed by atoms with van der Waals surface area (Å²) in [6.45, 7) is 6.38. The van der Waals surface area contributed by atoms with Gasteiger partial charge in [-0.3, -0.25) is 19.5 Å². The van der Waals surface area contributed by atoms with Crippen LogP contribution in [0.5, 0.6) is 5.75 Å². The van der Waals surface area contributed by atoms with Gasteiger partial charge in [0.2, 0.25) is 0 Å². The van der Waals surface area contributed by atoms with Crippen molar-refractivity contribution in [1.82, 2.24) is 4.57 Å². The fourth-order valence-electron chi connectivity index (χ4n) is 3.21. The zero-order chi connectivity index (χ0) is 18.5. The number of nitrogens with zero attached hydrogens (tertiary/aromatic N) is 3. The van der Waals surface area contributed by atoms with E-state index in [0.29, 0.717) is 13.3 Å². The number of nitro groups is 1. The number of pyridine rings is 1. The summed E-state index contributed by atoms with van der Waals surface area (Å²) in [6, 6.07) is 10.5. The van der Waals surface area contributed by atoms with E-state index in [-0.39, 0.29) is 11.2 Å². The van der Waals surface area contributed by atoms with Crippen LogP contribution in [0.4, 0.5) is 11.4 Å². The second-order valence-electron chi connectivity index (χ2n) is 6.25. The molecule has 138 valence electrons. The van der Waals surface area contributed by atoms with Gasteiger partial charge in [-0.1, -0.05) is 12.1 Å². The summed E-state index contributed by atoms with van der Waals surface area (Å²) in [7, 11) is 0. The van der Waals surface area contributed by atoms with Crippen LogP contribution in [0.25, 0.3) is 0 Å². The highest BCUT2D eigenvalue weighted by Gasteiger charge is 2.23. The summed E-state index contributed by atoms with van der Waals surface area (Å²) in [5, 5.41) is 10.9. The van der Waals surface area contributed by atoms with Crippen molar-refractivity contribution < 1.29 is 14.6 Å². The fourth-order valence-corrected chi connectivity index (χ4v) is 3.21. The Bertz CT molecular complexity index is 828. The molecular formula is C18H23N4O4+. The number of nitrogens with one attached hydrogen (secondary N) is 1. The van der Waals surface area contributed by atoms with E-state index in [1.165, 1.54) is 27.8 Å². The number of hydrogen-bond donors (Lipinski definition) is 1. The lowest BCUT2D eigenvalue weighted by Crippen LogP contribution is -3.14. The minimum atomic E-state index is -0.478. The number of para-hydroxylation sites is 2. The summed E-state index contributed by atoms with van der Waals surface area (Å²) in [4.78, 5) is 25.9. The first-order valence-electron chi connectivity index (χ1n) is 8.73. The van der Waals surface area contributed by atoms with E-state index < -0.39 is 4.92 Å². The molecule has 1 aromatic heterocycles. The van der Waals surface area contributed by atoms with E-state index in [4.69, 9.17) is 4.74 Å². The average molecular weight is 359 g/mol. The minimum Gasteiger partial charge on any atom is -0.492 e. The van der Waals surface area contributed by atoms with Crippen molar-refractivity contribution in [2.24, 2.45) is 0 Å². The number of ether oxygens (including phenoxy) is 1. The van der Waals surface area contributed by atoms with Crippen LogP contribution in [0.2, 0.25) is 0 Å². The topological polar surface area (TPSA) is 82.1 Å². The van der Waals surface area contributed by atoms with Gasteiger partial charge < -0.3 is 14.5 Å². The van der Waals surface area contributed by atoms with Crippen LogP contribution >= 0.6 is 0 Å². The smallest absolute Gasteiger partial charge is 0.285 e. The molecule has 0 unspecified atom stereocenters. The average Bonchev–Trinajstić information content (AvgIpc) is 2.65. The van der Waals surface area contributed by atoms with E-state index in [0.717, 1.165) is 37.6 Å². The van der Waals surface area contributed by atoms with E-state index >= 15 is 0 Å². The first kappa shape index (κ1) is 17.9. The monoisotopic (exact) mass is 359 g/mol. The Morgan fingerprint density at radius 2 is 1.92 bits per heavy atom. The molecule has 0 saturated carbocycles. The molecule has 0 bridgehead atoms. The van der Waals surface area contributed by atoms with Crippen molar-refractivity contribution in [3.05, 3.63) is 63.1 Å². The molecule has 1 aromatic carbocycles. The third-order valence-electron chi connectivity index (χ3n) is 4.55. The lowest BCUT2D eigenvalue weighted by Gasteiger charge is -2.34. The van der Waals surface area contributed by atoms with Crippen molar-refractivity contribution in [2.75, 3.05) is 37.7 Å². The van der Waals surface area contributed by atoms with E-state index in [2.05, 4.69) is 11.0 Å². The first-order valence-corrected chi connectivity index (χ1v) is 8.73. The Labute approximate surface area is 151 Å². The van der Waals surface area contributed by atoms with Crippen LogP contribution < -0.4 is 20.1 Å². The highest BCUT2D eigenvalue weighted by molar-refractivity contribution is 5.58. The van der Waals surface area contributed by atoms with Gasteiger partial charge >= 0.3 is 0 Å². The molecule has 8 nitrogen and oxygen atoms in total. The molecule has 8 heteroatoms. The molecule has 0 atom stereocenters. The van der Waals surface area contributed by atoms with Gasteiger partial charge in [0.1, 0.15) is 5.75 Å². The van der Waals surface area contributed by atoms with Gasteiger partial charge in [-0.25, -0.2) is 0 Å². The molecule has 1 aliphatic heterocycles. The maximum absolute atomic E-state index is 12.0. The molecule has 0 aliphatic carbocycles. The van der Waals surface area contributed by atoms with Crippen LogP contribution in [0, 0.1) is 10.1 Å². The van der Waals surface area contributed by atoms with Gasteiger partial charge in [-0.15, -0.1) is 0 Å². The van der Waals surface area contributed by atoms with Crippen molar-refractivity contribution in [3.63, 3.8) is 0 Å². The molecule has 0 amide bonds. The molecule has 1 saturated heterocycles. The lowest BCUT2D eigenvalue weighted by atomic mass is 10.2. The van der Waals surface area contributed by atoms with E-state index in [9.17, 15) is 14.9 Å². The number of hydrogen-bond acceptors (Lipinski definition) is 5. The number of anilines is 1. The molecular weight excluding hydrogens is 336 g/mol. The SMILES string of the molecule is CCOc1ccccc1N1CC[NH+](Cn2cc([N+](=O)[O-])ccc2=O)CC1. The van der Waals surface area contributed by atoms with Gasteiger partial charge in [0.25, 0.3) is 11.2 Å². The van der Waals surface area contributed by atoms with Crippen LogP contribution in [-0.2, 0) is 6.67 Å². The molecule has 0 spiro atoms. The second-order valence-corrected chi connectivity index (χ2v) is 6.25. The number of benzene rings is 1. The molecule has 0 radical (unpaired) electrons. The van der Waals surface area contributed by atoms with Crippen LogP contribution in [0.15, 0.2) is 47.4 Å². The van der Waals surface area contributed by atoms with Crippen LogP contribution in [0.3, 0.4) is 0 Å². The van der Waals surface area contributed by atoms with Gasteiger partial charge in [0.15, 0.2) is 6.67 Å². The van der Waals surface area contributed by atoms with Crippen molar-refractivity contribution in [3.8, 4) is 5.75 Å². The van der Waals surface area contributed by atoms with Crippen LogP contribution in [-0.4, -0.2) is 42.3 Å². The Kier molecular flexibility index (Phi) is 5.52. The predicted molar refractivity (Wildman–Crippen MR) is 97.9 cm³/mol. The Morgan fingerprint density at radius 3 is 2.62 bits per heavy atom. The Balaban J connectivity index is 1.65. The van der Waals surface area contributed by atoms with Crippen LogP contribution in [0.1, 0.15) is 6.92 Å². The van der Waals surface area contributed by atoms with Gasteiger partial charge in [0.05, 0.1) is 49.6 Å². The largest absolute Gasteiger partial charge is 0.492 e. The van der Waals surface area contributed by atoms with E-state index in [1.807, 2.05) is 25.1 Å². The maximum Gasteiger partial charge on any atom is 0.285 e. The number of rotatable bonds is 6. The molecule has 1 N–H and O–H groups in total. The Morgan fingerprint density at radius 1 is 1.19 bits per heavy atom. The normalized spacial score (nSPS) is 15.0. The third-order valence-corrected chi connectivity index (χ3v) is 4.55. The maximum atomic E-state index is 12.0. The molecule has 26 heavy (non-hydrogen) atoms. The summed E-state index contributed by atoms with van der Waals surface area (Å²) >= 11 is 0. The standard InChI is InChI=1S/C18H22N4O4/c1-2-26-17-6-4-3-5-16(17)20-11-9-19(10-12-20)14-21-13-15(22(24)25)7-8-18(21)23/h3-8,13H,2,9-12,14H2,1H3/p+1. The second kappa shape index (κ2) is 8.01. The molecule has 2 aromatic rings. The molecule has 1 aliphatic rings. The number of aromatic nitrogens is 1. The zero-order valence-electron chi connectivity index (χ0n) is 14.8. The van der Waals surface area contributed by atoms with Gasteiger partial charge in [-0.05, 0) is 19.1 Å². The zero-order valence-corrected chi connectivity index (χ0v) is 14.8. The summed E-state index contributed by atoms with van der Waals surface area (Å²) in [6.07, 6.45) is 1.33. The summed E-state index contributed by atoms with van der Waals surface area (Å²) in [5.74, 6) is 0.883. The first-order chi connectivity index (χ1) is 12.6. The lowest BCUT2D eigenvalue weighted by molar-refractivity contribution is -0.923. The fraction of sp³-hybridized carbons (Fsp3) is 0.389. The van der Waals surface area contributed by atoms with Crippen molar-refractivity contribution in [1.29, 1.82) is 0 Å². The molecule has 2 heterocycles. The highest BCUT2D eigenvalue weighted by atomic mass is 16.6. The number of quaternary nitrogens is 1. The Hall–Kier alpha value is -2.87. The summed E-state index contributed by atoms with van der Waals surface area (Å²) in [5.41, 5.74) is 0.807. The quantitative estimate of drug-likeness (QED) is 0.601. The summed E-state index contributed by atoms with van der Waals surface area (Å²) < 4.78 is 7.13. The van der Waals surface area contributed by atoms with Crippen molar-refractivity contribution in [2.45, 2.75) is 13.6 Å². The molecule has 3 rings (SSSR count). The highest BCUT2D eigenvalue weighted by Crippen LogP contribution is 2.27. The number of piperazine rings is 1. The minimum absolute atomic E-state index is 0.0618. The van der Waals surface area contributed by atoms with E-state index in [1.54, 1.807) is 0 Å². The van der Waals surface area contributed by atoms with Crippen molar-refractivity contribution >= 4 is 11.4 Å². The third kappa shape index (κ3) is 4.02.